The van der Waals surface area contributed by atoms with E-state index in [9.17, 15) is 15.0 Å². The van der Waals surface area contributed by atoms with Gasteiger partial charge in [-0.2, -0.15) is 4.98 Å². The smallest absolute Gasteiger partial charge is 0.337 e. The van der Waals surface area contributed by atoms with Crippen LogP contribution in [0.1, 0.15) is 103 Å². The minimum absolute atomic E-state index is 0.171. The van der Waals surface area contributed by atoms with E-state index in [-0.39, 0.29) is 16.5 Å². The molecule has 1 atom stereocenters. The average Bonchev–Trinajstić information content (AvgIpc) is 3.06. The van der Waals surface area contributed by atoms with Crippen LogP contribution in [-0.4, -0.2) is 75.1 Å². The van der Waals surface area contributed by atoms with Gasteiger partial charge in [0.15, 0.2) is 6.10 Å². The molecule has 0 saturated carbocycles. The van der Waals surface area contributed by atoms with Gasteiger partial charge in [0, 0.05) is 56.7 Å². The van der Waals surface area contributed by atoms with Gasteiger partial charge in [-0.3, -0.25) is 0 Å². The van der Waals surface area contributed by atoms with Crippen LogP contribution >= 0.6 is 11.6 Å². The topological polar surface area (TPSA) is 115 Å². The molecule has 0 radical (unpaired) electrons. The number of hydrogen-bond donors (Lipinski definition) is 2. The predicted molar refractivity (Wildman–Crippen MR) is 204 cm³/mol. The van der Waals surface area contributed by atoms with E-state index >= 15 is 0 Å². The maximum atomic E-state index is 12.8. The number of aryl methyl sites for hydroxylation is 1. The number of aliphatic hydroxyl groups is 1. The molecule has 0 unspecified atom stereocenters. The molecule has 0 bridgehead atoms. The van der Waals surface area contributed by atoms with Crippen molar-refractivity contribution in [3.05, 3.63) is 58.0 Å². The molecule has 51 heavy (non-hydrogen) atoms. The van der Waals surface area contributed by atoms with Crippen molar-refractivity contribution in [3.63, 3.8) is 0 Å². The third-order valence-corrected chi connectivity index (χ3v) is 11.3. The highest BCUT2D eigenvalue weighted by Crippen LogP contribution is 2.46. The number of hydrogen-bond acceptors (Lipinski definition) is 9. The lowest BCUT2D eigenvalue weighted by molar-refractivity contribution is -0.160. The SMILES string of the molecule is Cc1nc(Cl)c([C@H](OC(C)(C)C)C(=O)O)c(N2CCC(C)(C)CC2)c1-c1ccc2c(c1)CCN(c1nccc(N3CCC(C(C)(C)O)CC3)n1)C2. The second kappa shape index (κ2) is 14.2. The van der Waals surface area contributed by atoms with Gasteiger partial charge in [0.1, 0.15) is 11.0 Å². The Labute approximate surface area is 308 Å². The van der Waals surface area contributed by atoms with Crippen molar-refractivity contribution in [2.45, 2.75) is 111 Å². The molecule has 2 aromatic heterocycles. The van der Waals surface area contributed by atoms with Gasteiger partial charge in [0.25, 0.3) is 0 Å². The largest absolute Gasteiger partial charge is 0.479 e. The highest BCUT2D eigenvalue weighted by atomic mass is 35.5. The molecule has 6 rings (SSSR count). The molecule has 1 aromatic carbocycles. The van der Waals surface area contributed by atoms with Gasteiger partial charge < -0.3 is 29.6 Å². The molecule has 10 nitrogen and oxygen atoms in total. The van der Waals surface area contributed by atoms with E-state index in [0.717, 1.165) is 99.1 Å². The van der Waals surface area contributed by atoms with Gasteiger partial charge in [-0.25, -0.2) is 14.8 Å². The summed E-state index contributed by atoms with van der Waals surface area (Å²) in [6.07, 6.45) is 5.22. The molecule has 11 heteroatoms. The molecule has 0 aliphatic carbocycles. The van der Waals surface area contributed by atoms with Crippen LogP contribution in [0.4, 0.5) is 17.5 Å². The number of ether oxygens (including phenoxy) is 1. The number of rotatable bonds is 8. The van der Waals surface area contributed by atoms with Crippen LogP contribution in [0.5, 0.6) is 0 Å². The standard InChI is InChI=1S/C40H55ClN6O4/c1-25-31(33(46-21-15-39(5,6)16-22-46)32(35(41)43-25)34(36(48)49)51-38(2,3)4)27-9-10-28-24-47(18-12-26(28)23-27)37-42-17-11-30(44-37)45-19-13-29(14-20-45)40(7,8)50/h9-11,17,23,29,34,50H,12-16,18-22,24H2,1-8H3,(H,48,49)/t34-/m0/s1. The normalized spacial score (nSPS) is 19.2. The molecule has 5 heterocycles. The van der Waals surface area contributed by atoms with Crippen LogP contribution in [-0.2, 0) is 22.5 Å². The summed E-state index contributed by atoms with van der Waals surface area (Å²) in [6, 6.07) is 8.54. The minimum atomic E-state index is -1.27. The van der Waals surface area contributed by atoms with E-state index in [2.05, 4.69) is 51.7 Å². The van der Waals surface area contributed by atoms with Crippen molar-refractivity contribution in [2.75, 3.05) is 47.4 Å². The third kappa shape index (κ3) is 8.28. The number of pyridine rings is 1. The summed E-state index contributed by atoms with van der Waals surface area (Å²) in [5, 5.41) is 21.2. The summed E-state index contributed by atoms with van der Waals surface area (Å²) in [4.78, 5) is 34.1. The average molecular weight is 719 g/mol. The van der Waals surface area contributed by atoms with Crippen molar-refractivity contribution in [2.24, 2.45) is 11.3 Å². The Bertz CT molecular complexity index is 1750. The Morgan fingerprint density at radius 2 is 1.65 bits per heavy atom. The van der Waals surface area contributed by atoms with E-state index in [0.29, 0.717) is 12.1 Å². The Morgan fingerprint density at radius 1 is 0.961 bits per heavy atom. The van der Waals surface area contributed by atoms with E-state index < -0.39 is 23.3 Å². The number of piperidine rings is 2. The first kappa shape index (κ1) is 37.3. The van der Waals surface area contributed by atoms with E-state index in [4.69, 9.17) is 26.3 Å². The number of aromatic nitrogens is 3. The van der Waals surface area contributed by atoms with Gasteiger partial charge in [-0.05, 0) is 108 Å². The van der Waals surface area contributed by atoms with Crippen LogP contribution in [0.25, 0.3) is 11.1 Å². The molecule has 3 aliphatic heterocycles. The Balaban J connectivity index is 1.32. The molecule has 276 valence electrons. The number of aliphatic carboxylic acids is 1. The van der Waals surface area contributed by atoms with Crippen LogP contribution in [0.15, 0.2) is 30.5 Å². The van der Waals surface area contributed by atoms with Gasteiger partial charge in [0.2, 0.25) is 5.95 Å². The van der Waals surface area contributed by atoms with E-state index in [1.807, 2.05) is 53.8 Å². The molecule has 2 fully saturated rings. The zero-order chi connectivity index (χ0) is 36.9. The second-order valence-electron chi connectivity index (χ2n) is 17.0. The van der Waals surface area contributed by atoms with Crippen LogP contribution in [0.3, 0.4) is 0 Å². The summed E-state index contributed by atoms with van der Waals surface area (Å²) in [6.45, 7) is 20.7. The number of carbonyl (C=O) groups is 1. The predicted octanol–water partition coefficient (Wildman–Crippen LogP) is 7.62. The summed E-state index contributed by atoms with van der Waals surface area (Å²) in [7, 11) is 0. The van der Waals surface area contributed by atoms with Crippen molar-refractivity contribution >= 4 is 35.0 Å². The van der Waals surface area contributed by atoms with Crippen LogP contribution in [0, 0.1) is 18.3 Å². The third-order valence-electron chi connectivity index (χ3n) is 11.0. The molecule has 3 aromatic rings. The Morgan fingerprint density at radius 3 is 2.27 bits per heavy atom. The van der Waals surface area contributed by atoms with E-state index in [1.54, 1.807) is 0 Å². The fraction of sp³-hybridized carbons (Fsp3) is 0.600. The highest BCUT2D eigenvalue weighted by molar-refractivity contribution is 6.31. The lowest BCUT2D eigenvalue weighted by atomic mass is 9.82. The van der Waals surface area contributed by atoms with Crippen molar-refractivity contribution in [1.29, 1.82) is 0 Å². The lowest BCUT2D eigenvalue weighted by Crippen LogP contribution is -2.42. The van der Waals surface area contributed by atoms with Gasteiger partial charge in [0.05, 0.1) is 22.5 Å². The number of nitrogens with zero attached hydrogens (tertiary/aromatic N) is 6. The van der Waals surface area contributed by atoms with Crippen LogP contribution < -0.4 is 14.7 Å². The lowest BCUT2D eigenvalue weighted by Gasteiger charge is -2.41. The van der Waals surface area contributed by atoms with Gasteiger partial charge in [-0.15, -0.1) is 0 Å². The summed E-state index contributed by atoms with van der Waals surface area (Å²) in [5.74, 6) is 0.859. The summed E-state index contributed by atoms with van der Waals surface area (Å²) in [5.41, 5.74) is 5.19. The number of carboxylic acids is 1. The molecule has 0 amide bonds. The molecular weight excluding hydrogens is 664 g/mol. The molecule has 0 spiro atoms. The Hall–Kier alpha value is -3.47. The molecule has 2 saturated heterocycles. The number of anilines is 3. The zero-order valence-electron chi connectivity index (χ0n) is 31.6. The molecule has 3 aliphatic rings. The van der Waals surface area contributed by atoms with Gasteiger partial charge >= 0.3 is 5.97 Å². The Kier molecular flexibility index (Phi) is 10.4. The fourth-order valence-electron chi connectivity index (χ4n) is 7.86. The maximum absolute atomic E-state index is 12.8. The first-order chi connectivity index (χ1) is 23.9. The summed E-state index contributed by atoms with van der Waals surface area (Å²) >= 11 is 6.90. The number of halogens is 1. The number of fused-ring (bicyclic) bond motifs is 1. The number of carboxylic acid groups (broad SMARTS) is 1. The van der Waals surface area contributed by atoms with Crippen LogP contribution in [0.2, 0.25) is 5.15 Å². The first-order valence-corrected chi connectivity index (χ1v) is 18.8. The quantitative estimate of drug-likeness (QED) is 0.226. The highest BCUT2D eigenvalue weighted by Gasteiger charge is 2.37. The van der Waals surface area contributed by atoms with E-state index in [1.165, 1.54) is 11.1 Å². The van der Waals surface area contributed by atoms with Crippen molar-refractivity contribution in [3.8, 4) is 11.1 Å². The first-order valence-electron chi connectivity index (χ1n) is 18.4. The zero-order valence-corrected chi connectivity index (χ0v) is 32.3. The second-order valence-corrected chi connectivity index (χ2v) is 17.4. The van der Waals surface area contributed by atoms with Gasteiger partial charge in [-0.1, -0.05) is 43.6 Å². The molecular formula is C40H55ClN6O4. The monoisotopic (exact) mass is 718 g/mol. The van der Waals surface area contributed by atoms with Crippen molar-refractivity contribution < 1.29 is 19.7 Å². The molecule has 2 N–H and O–H groups in total. The maximum Gasteiger partial charge on any atom is 0.337 e. The minimum Gasteiger partial charge on any atom is -0.479 e. The fourth-order valence-corrected chi connectivity index (χ4v) is 8.17. The summed E-state index contributed by atoms with van der Waals surface area (Å²) < 4.78 is 6.20. The number of benzene rings is 1. The van der Waals surface area contributed by atoms with Crippen molar-refractivity contribution in [1.82, 2.24) is 15.0 Å².